The molecule has 0 aliphatic carbocycles. The van der Waals surface area contributed by atoms with E-state index in [0.717, 1.165) is 43.7 Å². The number of methoxy groups -OCH3 is 1. The van der Waals surface area contributed by atoms with Gasteiger partial charge in [0, 0.05) is 31.6 Å². The zero-order valence-corrected chi connectivity index (χ0v) is 11.1. The van der Waals surface area contributed by atoms with E-state index < -0.39 is 0 Å². The van der Waals surface area contributed by atoms with Gasteiger partial charge >= 0.3 is 0 Å². The summed E-state index contributed by atoms with van der Waals surface area (Å²) in [5, 5.41) is 3.33. The molecule has 0 fully saturated rings. The first-order chi connectivity index (χ1) is 8.31. The maximum atomic E-state index is 5.37. The van der Waals surface area contributed by atoms with Crippen LogP contribution >= 0.6 is 0 Å². The Morgan fingerprint density at radius 1 is 1.24 bits per heavy atom. The van der Waals surface area contributed by atoms with E-state index in [-0.39, 0.29) is 6.10 Å². The molecule has 4 heteroatoms. The zero-order chi connectivity index (χ0) is 12.5. The third-order valence-electron chi connectivity index (χ3n) is 2.60. The third-order valence-corrected chi connectivity index (χ3v) is 2.60. The van der Waals surface area contributed by atoms with Crippen molar-refractivity contribution in [1.29, 1.82) is 0 Å². The van der Waals surface area contributed by atoms with Crippen molar-refractivity contribution >= 4 is 0 Å². The lowest BCUT2D eigenvalue weighted by Crippen LogP contribution is -2.15. The normalized spacial score (nSPS) is 12.6. The van der Waals surface area contributed by atoms with Crippen molar-refractivity contribution in [3.8, 4) is 0 Å². The van der Waals surface area contributed by atoms with E-state index >= 15 is 0 Å². The van der Waals surface area contributed by atoms with E-state index in [9.17, 15) is 0 Å². The predicted octanol–water partition coefficient (Wildman–Crippen LogP) is 2.46. The lowest BCUT2D eigenvalue weighted by molar-refractivity contribution is 0.0875. The van der Waals surface area contributed by atoms with Gasteiger partial charge in [0.15, 0.2) is 5.82 Å². The molecule has 0 saturated carbocycles. The van der Waals surface area contributed by atoms with Gasteiger partial charge in [0.05, 0.1) is 0 Å². The van der Waals surface area contributed by atoms with Crippen LogP contribution in [-0.2, 0) is 11.3 Å². The topological polar surface area (TPSA) is 47.0 Å². The van der Waals surface area contributed by atoms with Gasteiger partial charge in [-0.2, -0.15) is 0 Å². The minimum Gasteiger partial charge on any atom is -0.373 e. The van der Waals surface area contributed by atoms with Crippen LogP contribution in [0.2, 0.25) is 0 Å². The molecule has 0 amide bonds. The van der Waals surface area contributed by atoms with Crippen molar-refractivity contribution in [2.24, 2.45) is 0 Å². The summed E-state index contributed by atoms with van der Waals surface area (Å²) >= 11 is 0. The van der Waals surface area contributed by atoms with Crippen LogP contribution in [0.15, 0.2) is 12.4 Å². The quantitative estimate of drug-likeness (QED) is 0.706. The molecule has 1 N–H and O–H groups in total. The summed E-state index contributed by atoms with van der Waals surface area (Å²) in [6.45, 7) is 6.15. The van der Waals surface area contributed by atoms with Crippen LogP contribution in [0.5, 0.6) is 0 Å². The molecule has 17 heavy (non-hydrogen) atoms. The van der Waals surface area contributed by atoms with Gasteiger partial charge in [-0.3, -0.25) is 0 Å². The fourth-order valence-electron chi connectivity index (χ4n) is 1.65. The van der Waals surface area contributed by atoms with Crippen LogP contribution < -0.4 is 5.32 Å². The van der Waals surface area contributed by atoms with Gasteiger partial charge in [-0.25, -0.2) is 9.97 Å². The Balaban J connectivity index is 2.53. The number of nitrogens with zero attached hydrogens (tertiary/aromatic N) is 2. The second kappa shape index (κ2) is 8.14. The van der Waals surface area contributed by atoms with Crippen LogP contribution in [-0.4, -0.2) is 23.6 Å². The van der Waals surface area contributed by atoms with Gasteiger partial charge in [-0.1, -0.05) is 20.3 Å². The SMILES string of the molecule is CCCNCc1cnc(C(CCC)OC)nc1. The minimum atomic E-state index is 0.0256. The highest BCUT2D eigenvalue weighted by molar-refractivity contribution is 5.06. The number of nitrogens with one attached hydrogen (secondary N) is 1. The molecule has 0 aromatic carbocycles. The Labute approximate surface area is 104 Å². The first kappa shape index (κ1) is 14.1. The molecule has 0 spiro atoms. The Morgan fingerprint density at radius 2 is 1.94 bits per heavy atom. The smallest absolute Gasteiger partial charge is 0.157 e. The van der Waals surface area contributed by atoms with Gasteiger partial charge in [-0.05, 0) is 19.4 Å². The Bertz CT molecular complexity index is 300. The maximum absolute atomic E-state index is 5.37. The second-order valence-electron chi connectivity index (χ2n) is 4.14. The molecule has 4 nitrogen and oxygen atoms in total. The molecule has 0 aliphatic heterocycles. The lowest BCUT2D eigenvalue weighted by Gasteiger charge is -2.12. The largest absolute Gasteiger partial charge is 0.373 e. The standard InChI is InChI=1S/C13H23N3O/c1-4-6-12(17-3)13-15-9-11(10-16-13)8-14-7-5-2/h9-10,12,14H,4-8H2,1-3H3. The summed E-state index contributed by atoms with van der Waals surface area (Å²) in [6.07, 6.45) is 6.96. The Hall–Kier alpha value is -1.00. The van der Waals surface area contributed by atoms with E-state index in [4.69, 9.17) is 4.74 Å². The number of aromatic nitrogens is 2. The van der Waals surface area contributed by atoms with Crippen molar-refractivity contribution in [2.45, 2.75) is 45.8 Å². The minimum absolute atomic E-state index is 0.0256. The van der Waals surface area contributed by atoms with Gasteiger partial charge in [-0.15, -0.1) is 0 Å². The van der Waals surface area contributed by atoms with Crippen molar-refractivity contribution in [2.75, 3.05) is 13.7 Å². The van der Waals surface area contributed by atoms with Crippen molar-refractivity contribution < 1.29 is 4.74 Å². The zero-order valence-electron chi connectivity index (χ0n) is 11.1. The second-order valence-corrected chi connectivity index (χ2v) is 4.14. The van der Waals surface area contributed by atoms with Crippen LogP contribution in [0.1, 0.15) is 50.6 Å². The maximum Gasteiger partial charge on any atom is 0.157 e. The number of ether oxygens (including phenoxy) is 1. The molecular formula is C13H23N3O. The average Bonchev–Trinajstić information content (AvgIpc) is 2.37. The third kappa shape index (κ3) is 4.79. The fourth-order valence-corrected chi connectivity index (χ4v) is 1.65. The molecule has 1 unspecified atom stereocenters. The molecule has 1 aromatic heterocycles. The summed E-state index contributed by atoms with van der Waals surface area (Å²) in [6, 6.07) is 0. The molecule has 1 heterocycles. The fraction of sp³-hybridized carbons (Fsp3) is 0.692. The molecular weight excluding hydrogens is 214 g/mol. The monoisotopic (exact) mass is 237 g/mol. The van der Waals surface area contributed by atoms with Crippen molar-refractivity contribution in [1.82, 2.24) is 15.3 Å². The summed E-state index contributed by atoms with van der Waals surface area (Å²) in [5.74, 6) is 0.786. The van der Waals surface area contributed by atoms with Crippen molar-refractivity contribution in [3.63, 3.8) is 0 Å². The van der Waals surface area contributed by atoms with Gasteiger partial charge in [0.2, 0.25) is 0 Å². The summed E-state index contributed by atoms with van der Waals surface area (Å²) < 4.78 is 5.37. The highest BCUT2D eigenvalue weighted by Crippen LogP contribution is 2.17. The van der Waals surface area contributed by atoms with E-state index in [1.807, 2.05) is 12.4 Å². The summed E-state index contributed by atoms with van der Waals surface area (Å²) in [4.78, 5) is 8.74. The van der Waals surface area contributed by atoms with Crippen LogP contribution in [0, 0.1) is 0 Å². The number of hydrogen-bond acceptors (Lipinski definition) is 4. The van der Waals surface area contributed by atoms with Gasteiger partial charge < -0.3 is 10.1 Å². The highest BCUT2D eigenvalue weighted by Gasteiger charge is 2.11. The first-order valence-corrected chi connectivity index (χ1v) is 6.36. The van der Waals surface area contributed by atoms with Crippen LogP contribution in [0.3, 0.4) is 0 Å². The van der Waals surface area contributed by atoms with Gasteiger partial charge in [0.25, 0.3) is 0 Å². The number of rotatable bonds is 8. The molecule has 1 rings (SSSR count). The molecule has 0 bridgehead atoms. The van der Waals surface area contributed by atoms with E-state index in [0.29, 0.717) is 0 Å². The molecule has 0 radical (unpaired) electrons. The highest BCUT2D eigenvalue weighted by atomic mass is 16.5. The van der Waals surface area contributed by atoms with E-state index in [1.54, 1.807) is 7.11 Å². The first-order valence-electron chi connectivity index (χ1n) is 6.36. The van der Waals surface area contributed by atoms with E-state index in [2.05, 4.69) is 29.1 Å². The molecule has 0 saturated heterocycles. The Kier molecular flexibility index (Phi) is 6.74. The summed E-state index contributed by atoms with van der Waals surface area (Å²) in [7, 11) is 1.71. The predicted molar refractivity (Wildman–Crippen MR) is 68.7 cm³/mol. The van der Waals surface area contributed by atoms with Crippen LogP contribution in [0.4, 0.5) is 0 Å². The number of hydrogen-bond donors (Lipinski definition) is 1. The average molecular weight is 237 g/mol. The summed E-state index contributed by atoms with van der Waals surface area (Å²) in [5.41, 5.74) is 1.12. The molecule has 0 aliphatic rings. The van der Waals surface area contributed by atoms with Crippen LogP contribution in [0.25, 0.3) is 0 Å². The van der Waals surface area contributed by atoms with Gasteiger partial charge in [0.1, 0.15) is 6.10 Å². The Morgan fingerprint density at radius 3 is 2.47 bits per heavy atom. The molecule has 96 valence electrons. The molecule has 1 aromatic rings. The van der Waals surface area contributed by atoms with E-state index in [1.165, 1.54) is 0 Å². The van der Waals surface area contributed by atoms with Crippen molar-refractivity contribution in [3.05, 3.63) is 23.8 Å². The lowest BCUT2D eigenvalue weighted by atomic mass is 10.2. The molecule has 1 atom stereocenters.